The van der Waals surface area contributed by atoms with Gasteiger partial charge < -0.3 is 10.5 Å². The van der Waals surface area contributed by atoms with Crippen molar-refractivity contribution in [2.75, 3.05) is 20.2 Å². The minimum Gasteiger partial charge on any atom is -0.496 e. The lowest BCUT2D eigenvalue weighted by Crippen LogP contribution is -2.31. The Morgan fingerprint density at radius 2 is 2.16 bits per heavy atom. The van der Waals surface area contributed by atoms with E-state index in [2.05, 4.69) is 15.9 Å². The zero-order valence-electron chi connectivity index (χ0n) is 10.4. The highest BCUT2D eigenvalue weighted by Gasteiger charge is 2.31. The molecule has 0 aliphatic carbocycles. The minimum atomic E-state index is -3.45. The molecule has 1 aliphatic rings. The summed E-state index contributed by atoms with van der Waals surface area (Å²) in [5.41, 5.74) is 5.74. The van der Waals surface area contributed by atoms with Crippen molar-refractivity contribution in [1.82, 2.24) is 4.31 Å². The van der Waals surface area contributed by atoms with Gasteiger partial charge in [-0.2, -0.15) is 4.31 Å². The molecule has 0 unspecified atom stereocenters. The molecule has 8 heteroatoms. The highest BCUT2D eigenvalue weighted by Crippen LogP contribution is 2.29. The Bertz CT molecular complexity index is 553. The second-order valence-electron chi connectivity index (χ2n) is 4.21. The summed E-state index contributed by atoms with van der Waals surface area (Å²) >= 11 is 3.29. The number of nitrogens with two attached hydrogens (primary N) is 1. The zero-order chi connectivity index (χ0) is 13.3. The fourth-order valence-electron chi connectivity index (χ4n) is 1.93. The quantitative estimate of drug-likeness (QED) is 0.876. The van der Waals surface area contributed by atoms with Gasteiger partial charge in [0, 0.05) is 19.1 Å². The van der Waals surface area contributed by atoms with Crippen LogP contribution in [0, 0.1) is 0 Å². The highest BCUT2D eigenvalue weighted by molar-refractivity contribution is 9.10. The Morgan fingerprint density at radius 1 is 1.47 bits per heavy atom. The van der Waals surface area contributed by atoms with E-state index in [-0.39, 0.29) is 23.3 Å². The molecule has 19 heavy (non-hydrogen) atoms. The Morgan fingerprint density at radius 3 is 2.63 bits per heavy atom. The molecule has 0 amide bonds. The van der Waals surface area contributed by atoms with Gasteiger partial charge in [0.2, 0.25) is 10.0 Å². The van der Waals surface area contributed by atoms with Crippen molar-refractivity contribution in [3.8, 4) is 5.75 Å². The zero-order valence-corrected chi connectivity index (χ0v) is 13.6. The summed E-state index contributed by atoms with van der Waals surface area (Å²) in [6.07, 6.45) is 0.705. The lowest BCUT2D eigenvalue weighted by atomic mass is 10.3. The largest absolute Gasteiger partial charge is 0.496 e. The number of hydrogen-bond donors (Lipinski definition) is 1. The number of benzene rings is 1. The van der Waals surface area contributed by atoms with Gasteiger partial charge in [-0.25, -0.2) is 8.42 Å². The highest BCUT2D eigenvalue weighted by atomic mass is 79.9. The predicted molar refractivity (Wildman–Crippen MR) is 79.3 cm³/mol. The van der Waals surface area contributed by atoms with Crippen molar-refractivity contribution in [2.24, 2.45) is 5.73 Å². The summed E-state index contributed by atoms with van der Waals surface area (Å²) in [7, 11) is -1.92. The molecule has 0 radical (unpaired) electrons. The fraction of sp³-hybridized carbons (Fsp3) is 0.455. The number of methoxy groups -OCH3 is 1. The number of rotatable bonds is 3. The molecule has 0 saturated carbocycles. The van der Waals surface area contributed by atoms with Gasteiger partial charge in [-0.05, 0) is 40.5 Å². The van der Waals surface area contributed by atoms with Crippen molar-refractivity contribution >= 4 is 38.4 Å². The van der Waals surface area contributed by atoms with E-state index in [0.29, 0.717) is 29.7 Å². The van der Waals surface area contributed by atoms with Crippen LogP contribution in [0.15, 0.2) is 27.6 Å². The molecule has 5 nitrogen and oxygen atoms in total. The maximum absolute atomic E-state index is 12.3. The average Bonchev–Trinajstić information content (AvgIpc) is 2.76. The van der Waals surface area contributed by atoms with Crippen molar-refractivity contribution < 1.29 is 13.2 Å². The molecule has 1 aromatic rings. The average molecular weight is 372 g/mol. The molecular weight excluding hydrogens is 356 g/mol. The second-order valence-corrected chi connectivity index (χ2v) is 7.00. The maximum Gasteiger partial charge on any atom is 0.243 e. The molecule has 1 heterocycles. The summed E-state index contributed by atoms with van der Waals surface area (Å²) in [5.74, 6) is 0.604. The molecule has 1 atom stereocenters. The summed E-state index contributed by atoms with van der Waals surface area (Å²) in [5, 5.41) is 0. The molecule has 0 bridgehead atoms. The van der Waals surface area contributed by atoms with Gasteiger partial charge in [0.1, 0.15) is 5.75 Å². The van der Waals surface area contributed by atoms with Crippen LogP contribution < -0.4 is 10.5 Å². The first-order chi connectivity index (χ1) is 8.45. The molecule has 1 fully saturated rings. The minimum absolute atomic E-state index is 0. The number of hydrogen-bond acceptors (Lipinski definition) is 4. The van der Waals surface area contributed by atoms with Crippen molar-refractivity contribution in [1.29, 1.82) is 0 Å². The van der Waals surface area contributed by atoms with Gasteiger partial charge in [0.15, 0.2) is 0 Å². The summed E-state index contributed by atoms with van der Waals surface area (Å²) < 4.78 is 31.8. The van der Waals surface area contributed by atoms with Crippen LogP contribution in [0.1, 0.15) is 6.42 Å². The summed E-state index contributed by atoms with van der Waals surface area (Å²) in [6.45, 7) is 0.860. The van der Waals surface area contributed by atoms with E-state index in [1.165, 1.54) is 11.4 Å². The Balaban J connectivity index is 0.00000180. The number of nitrogens with zero attached hydrogens (tertiary/aromatic N) is 1. The van der Waals surface area contributed by atoms with Crippen molar-refractivity contribution in [3.63, 3.8) is 0 Å². The van der Waals surface area contributed by atoms with Crippen LogP contribution in [0.5, 0.6) is 5.75 Å². The molecule has 1 aliphatic heterocycles. The van der Waals surface area contributed by atoms with Crippen LogP contribution >= 0.6 is 28.3 Å². The number of ether oxygens (including phenoxy) is 1. The first-order valence-corrected chi connectivity index (χ1v) is 7.77. The standard InChI is InChI=1S/C11H15BrN2O3S.ClH/c1-17-11-3-2-9(6-10(11)12)18(15,16)14-5-4-8(13)7-14;/h2-3,6,8H,4-5,7,13H2,1H3;1H/t8-;/m0./s1. The first-order valence-electron chi connectivity index (χ1n) is 5.54. The molecule has 108 valence electrons. The Kier molecular flexibility index (Phi) is 5.64. The lowest BCUT2D eigenvalue weighted by Gasteiger charge is -2.16. The van der Waals surface area contributed by atoms with Crippen LogP contribution in [0.3, 0.4) is 0 Å². The normalized spacial score (nSPS) is 20.1. The topological polar surface area (TPSA) is 72.6 Å². The third-order valence-electron chi connectivity index (χ3n) is 2.95. The third-order valence-corrected chi connectivity index (χ3v) is 5.43. The van der Waals surface area contributed by atoms with Gasteiger partial charge in [-0.15, -0.1) is 12.4 Å². The van der Waals surface area contributed by atoms with Gasteiger partial charge in [0.05, 0.1) is 16.5 Å². The summed E-state index contributed by atoms with van der Waals surface area (Å²) in [4.78, 5) is 0.254. The Hall–Kier alpha value is -0.340. The van der Waals surface area contributed by atoms with E-state index < -0.39 is 10.0 Å². The fourth-order valence-corrected chi connectivity index (χ4v) is 4.16. The van der Waals surface area contributed by atoms with Gasteiger partial charge in [-0.1, -0.05) is 0 Å². The summed E-state index contributed by atoms with van der Waals surface area (Å²) in [6, 6.07) is 4.66. The molecular formula is C11H16BrClN2O3S. The smallest absolute Gasteiger partial charge is 0.243 e. The predicted octanol–water partition coefficient (Wildman–Crippen LogP) is 1.60. The first kappa shape index (κ1) is 16.7. The molecule has 2 rings (SSSR count). The van der Waals surface area contributed by atoms with E-state index in [1.54, 1.807) is 18.2 Å². The van der Waals surface area contributed by atoms with Crippen LogP contribution in [-0.2, 0) is 10.0 Å². The van der Waals surface area contributed by atoms with Gasteiger partial charge >= 0.3 is 0 Å². The number of halogens is 2. The lowest BCUT2D eigenvalue weighted by molar-refractivity contribution is 0.411. The van der Waals surface area contributed by atoms with Crippen LogP contribution in [-0.4, -0.2) is 39.0 Å². The number of sulfonamides is 1. The van der Waals surface area contributed by atoms with Crippen LogP contribution in [0.2, 0.25) is 0 Å². The van der Waals surface area contributed by atoms with E-state index in [4.69, 9.17) is 10.5 Å². The molecule has 0 aromatic heterocycles. The van der Waals surface area contributed by atoms with Crippen LogP contribution in [0.4, 0.5) is 0 Å². The van der Waals surface area contributed by atoms with E-state index in [0.717, 1.165) is 0 Å². The van der Waals surface area contributed by atoms with Crippen molar-refractivity contribution in [2.45, 2.75) is 17.4 Å². The third kappa shape index (κ3) is 3.41. The Labute approximate surface area is 127 Å². The van der Waals surface area contributed by atoms with Crippen molar-refractivity contribution in [3.05, 3.63) is 22.7 Å². The van der Waals surface area contributed by atoms with E-state index in [9.17, 15) is 8.42 Å². The molecule has 1 saturated heterocycles. The van der Waals surface area contributed by atoms with Crippen LogP contribution in [0.25, 0.3) is 0 Å². The molecule has 0 spiro atoms. The van der Waals surface area contributed by atoms with E-state index in [1.807, 2.05) is 0 Å². The van der Waals surface area contributed by atoms with Gasteiger partial charge in [0.25, 0.3) is 0 Å². The molecule has 2 N–H and O–H groups in total. The maximum atomic E-state index is 12.3. The molecule has 1 aromatic carbocycles. The SMILES string of the molecule is COc1ccc(S(=O)(=O)N2CC[C@H](N)C2)cc1Br.Cl. The van der Waals surface area contributed by atoms with E-state index >= 15 is 0 Å². The monoisotopic (exact) mass is 370 g/mol. The van der Waals surface area contributed by atoms with Gasteiger partial charge in [-0.3, -0.25) is 0 Å². The second kappa shape index (κ2) is 6.41.